The van der Waals surface area contributed by atoms with Gasteiger partial charge in [0.1, 0.15) is 5.82 Å². The van der Waals surface area contributed by atoms with E-state index in [4.69, 9.17) is 12.2 Å². The molecule has 0 heterocycles. The lowest BCUT2D eigenvalue weighted by atomic mass is 10.1. The van der Waals surface area contributed by atoms with Gasteiger partial charge in [0, 0.05) is 11.7 Å². The number of hydrogen-bond acceptors (Lipinski definition) is 1. The number of hydrogen-bond donors (Lipinski definition) is 2. The van der Waals surface area contributed by atoms with Crippen molar-refractivity contribution in [1.82, 2.24) is 5.32 Å². The van der Waals surface area contributed by atoms with Gasteiger partial charge in [0.05, 0.1) is 0 Å². The molecule has 4 heteroatoms. The first-order valence-corrected chi connectivity index (χ1v) is 7.83. The quantitative estimate of drug-likeness (QED) is 0.797. The summed E-state index contributed by atoms with van der Waals surface area (Å²) in [6.07, 6.45) is 1.98. The highest BCUT2D eigenvalue weighted by atomic mass is 32.1. The highest BCUT2D eigenvalue weighted by Gasteiger charge is 2.06. The fraction of sp³-hybridized carbons (Fsp3) is 0.278. The van der Waals surface area contributed by atoms with E-state index in [9.17, 15) is 4.39 Å². The van der Waals surface area contributed by atoms with Gasteiger partial charge in [-0.25, -0.2) is 4.39 Å². The van der Waals surface area contributed by atoms with Crippen LogP contribution in [0.4, 0.5) is 10.1 Å². The minimum atomic E-state index is -0.232. The third kappa shape index (κ3) is 5.11. The molecule has 0 bridgehead atoms. The van der Waals surface area contributed by atoms with Crippen molar-refractivity contribution >= 4 is 23.0 Å². The molecule has 0 spiro atoms. The van der Waals surface area contributed by atoms with Crippen LogP contribution in [0.1, 0.15) is 24.5 Å². The van der Waals surface area contributed by atoms with Gasteiger partial charge in [-0.1, -0.05) is 36.4 Å². The Hall–Kier alpha value is -1.94. The van der Waals surface area contributed by atoms with Gasteiger partial charge in [-0.3, -0.25) is 0 Å². The Morgan fingerprint density at radius 3 is 2.59 bits per heavy atom. The van der Waals surface area contributed by atoms with E-state index >= 15 is 0 Å². The Labute approximate surface area is 136 Å². The van der Waals surface area contributed by atoms with Crippen molar-refractivity contribution in [3.63, 3.8) is 0 Å². The van der Waals surface area contributed by atoms with Gasteiger partial charge in [0.2, 0.25) is 0 Å². The Kier molecular flexibility index (Phi) is 5.90. The minimum absolute atomic E-state index is 0.232. The molecule has 0 saturated carbocycles. The summed E-state index contributed by atoms with van der Waals surface area (Å²) in [5.74, 6) is -0.232. The second kappa shape index (κ2) is 7.90. The Bertz CT molecular complexity index is 628. The third-order valence-corrected chi connectivity index (χ3v) is 3.74. The average molecular weight is 316 g/mol. The third-order valence-electron chi connectivity index (χ3n) is 3.52. The molecule has 22 heavy (non-hydrogen) atoms. The average Bonchev–Trinajstić information content (AvgIpc) is 2.50. The Morgan fingerprint density at radius 2 is 1.91 bits per heavy atom. The normalized spacial score (nSPS) is 11.8. The molecule has 116 valence electrons. The van der Waals surface area contributed by atoms with Gasteiger partial charge >= 0.3 is 0 Å². The van der Waals surface area contributed by atoms with E-state index < -0.39 is 0 Å². The number of anilines is 1. The predicted molar refractivity (Wildman–Crippen MR) is 94.7 cm³/mol. The van der Waals surface area contributed by atoms with Crippen molar-refractivity contribution in [2.45, 2.75) is 32.7 Å². The first-order chi connectivity index (χ1) is 10.5. The maximum Gasteiger partial charge on any atom is 0.170 e. The molecular formula is C18H21FN2S. The second-order valence-electron chi connectivity index (χ2n) is 5.49. The summed E-state index contributed by atoms with van der Waals surface area (Å²) >= 11 is 5.27. The zero-order valence-electron chi connectivity index (χ0n) is 12.9. The van der Waals surface area contributed by atoms with Crippen molar-refractivity contribution < 1.29 is 4.39 Å². The molecule has 1 atom stereocenters. The molecule has 0 radical (unpaired) electrons. The van der Waals surface area contributed by atoms with Gasteiger partial charge in [-0.15, -0.1) is 0 Å². The molecular weight excluding hydrogens is 295 g/mol. The number of nitrogens with one attached hydrogen (secondary N) is 2. The summed E-state index contributed by atoms with van der Waals surface area (Å²) in [6, 6.07) is 15.6. The van der Waals surface area contributed by atoms with E-state index in [1.807, 2.05) is 24.3 Å². The lowest BCUT2D eigenvalue weighted by Gasteiger charge is -2.17. The van der Waals surface area contributed by atoms with Gasteiger partial charge in [-0.05, 0) is 62.2 Å². The van der Waals surface area contributed by atoms with E-state index in [0.29, 0.717) is 16.4 Å². The maximum atomic E-state index is 13.5. The molecule has 2 aromatic rings. The van der Waals surface area contributed by atoms with Crippen LogP contribution in [0.5, 0.6) is 0 Å². The fourth-order valence-electron chi connectivity index (χ4n) is 2.16. The summed E-state index contributed by atoms with van der Waals surface area (Å²) in [5, 5.41) is 6.77. The summed E-state index contributed by atoms with van der Waals surface area (Å²) in [6.45, 7) is 3.83. The minimum Gasteiger partial charge on any atom is -0.360 e. The van der Waals surface area contributed by atoms with Gasteiger partial charge in [0.25, 0.3) is 0 Å². The molecule has 2 rings (SSSR count). The predicted octanol–water partition coefficient (Wildman–Crippen LogP) is 4.44. The zero-order valence-corrected chi connectivity index (χ0v) is 13.7. The number of halogens is 1. The van der Waals surface area contributed by atoms with E-state index in [2.05, 4.69) is 29.7 Å². The first kappa shape index (κ1) is 16.4. The van der Waals surface area contributed by atoms with Crippen molar-refractivity contribution in [1.29, 1.82) is 0 Å². The van der Waals surface area contributed by atoms with E-state index in [1.165, 1.54) is 11.6 Å². The molecule has 2 nitrogen and oxygen atoms in total. The molecule has 0 aliphatic rings. The van der Waals surface area contributed by atoms with E-state index in [0.717, 1.165) is 12.8 Å². The molecule has 0 fully saturated rings. The molecule has 0 aliphatic heterocycles. The smallest absolute Gasteiger partial charge is 0.170 e. The number of benzene rings is 2. The lowest BCUT2D eigenvalue weighted by Crippen LogP contribution is -2.36. The van der Waals surface area contributed by atoms with Crippen LogP contribution in [0.15, 0.2) is 48.5 Å². The van der Waals surface area contributed by atoms with Crippen LogP contribution < -0.4 is 10.6 Å². The topological polar surface area (TPSA) is 24.1 Å². The monoisotopic (exact) mass is 316 g/mol. The highest BCUT2D eigenvalue weighted by Crippen LogP contribution is 2.13. The van der Waals surface area contributed by atoms with E-state index in [1.54, 1.807) is 13.0 Å². The van der Waals surface area contributed by atoms with Gasteiger partial charge < -0.3 is 10.6 Å². The van der Waals surface area contributed by atoms with Crippen LogP contribution in [-0.4, -0.2) is 11.2 Å². The van der Waals surface area contributed by atoms with Crippen molar-refractivity contribution in [3.05, 3.63) is 65.5 Å². The molecule has 0 aromatic heterocycles. The standard InChI is InChI=1S/C18H21FN2S/c1-13-8-11-16(12-17(13)19)21-18(22)20-14(2)9-10-15-6-4-3-5-7-15/h3-8,11-12,14H,9-10H2,1-2H3,(H2,20,21,22)/t14-/m1/s1. The van der Waals surface area contributed by atoms with Crippen LogP contribution in [0.3, 0.4) is 0 Å². The number of thiocarbonyl (C=S) groups is 1. The van der Waals surface area contributed by atoms with Crippen LogP contribution in [-0.2, 0) is 6.42 Å². The van der Waals surface area contributed by atoms with Crippen LogP contribution in [0.25, 0.3) is 0 Å². The summed E-state index contributed by atoms with van der Waals surface area (Å²) < 4.78 is 13.5. The largest absolute Gasteiger partial charge is 0.360 e. The fourth-order valence-corrected chi connectivity index (χ4v) is 2.48. The maximum absolute atomic E-state index is 13.5. The van der Waals surface area contributed by atoms with Crippen LogP contribution in [0.2, 0.25) is 0 Å². The summed E-state index contributed by atoms with van der Waals surface area (Å²) in [5.41, 5.74) is 2.60. The van der Waals surface area contributed by atoms with Crippen molar-refractivity contribution in [3.8, 4) is 0 Å². The molecule has 0 saturated heterocycles. The molecule has 2 aromatic carbocycles. The second-order valence-corrected chi connectivity index (χ2v) is 5.90. The SMILES string of the molecule is Cc1ccc(NC(=S)N[C@H](C)CCc2ccccc2)cc1F. The van der Waals surface area contributed by atoms with E-state index in [-0.39, 0.29) is 11.9 Å². The molecule has 2 N–H and O–H groups in total. The first-order valence-electron chi connectivity index (χ1n) is 7.42. The lowest BCUT2D eigenvalue weighted by molar-refractivity contribution is 0.609. The van der Waals surface area contributed by atoms with Crippen LogP contribution >= 0.6 is 12.2 Å². The van der Waals surface area contributed by atoms with Gasteiger partial charge in [0.15, 0.2) is 5.11 Å². The Balaban J connectivity index is 1.79. The van der Waals surface area contributed by atoms with Crippen LogP contribution in [0, 0.1) is 12.7 Å². The molecule has 0 aliphatic carbocycles. The highest BCUT2D eigenvalue weighted by molar-refractivity contribution is 7.80. The van der Waals surface area contributed by atoms with Gasteiger partial charge in [-0.2, -0.15) is 0 Å². The van der Waals surface area contributed by atoms with Crippen molar-refractivity contribution in [2.75, 3.05) is 5.32 Å². The Morgan fingerprint density at radius 1 is 1.18 bits per heavy atom. The van der Waals surface area contributed by atoms with Crippen molar-refractivity contribution in [2.24, 2.45) is 0 Å². The zero-order chi connectivity index (χ0) is 15.9. The number of rotatable bonds is 5. The molecule has 0 amide bonds. The summed E-state index contributed by atoms with van der Waals surface area (Å²) in [4.78, 5) is 0. The molecule has 0 unspecified atom stereocenters. The summed E-state index contributed by atoms with van der Waals surface area (Å²) in [7, 11) is 0. The number of aryl methyl sites for hydroxylation is 2.